The molecular formula is C14H18Si. The van der Waals surface area contributed by atoms with Gasteiger partial charge in [0.2, 0.25) is 0 Å². The Kier molecular flexibility index (Phi) is 2.92. The summed E-state index contributed by atoms with van der Waals surface area (Å²) >= 11 is 0. The highest BCUT2D eigenvalue weighted by atomic mass is 28.3. The van der Waals surface area contributed by atoms with Crippen LogP contribution < -0.4 is 5.19 Å². The molecule has 15 heavy (non-hydrogen) atoms. The summed E-state index contributed by atoms with van der Waals surface area (Å²) < 4.78 is 0. The van der Waals surface area contributed by atoms with Crippen LogP contribution in [-0.2, 0) is 0 Å². The SMILES string of the molecule is C[Si](C)(c1ccccc1)C1C=CCC=C1. The second kappa shape index (κ2) is 4.19. The van der Waals surface area contributed by atoms with E-state index in [9.17, 15) is 0 Å². The molecule has 0 N–H and O–H groups in total. The molecule has 0 heterocycles. The topological polar surface area (TPSA) is 0 Å². The van der Waals surface area contributed by atoms with Crippen LogP contribution in [-0.4, -0.2) is 8.07 Å². The Hall–Kier alpha value is -1.08. The van der Waals surface area contributed by atoms with Crippen molar-refractivity contribution in [1.29, 1.82) is 0 Å². The molecule has 1 aliphatic carbocycles. The molecule has 0 saturated carbocycles. The largest absolute Gasteiger partial charge is 0.0911 e. The van der Waals surface area contributed by atoms with Gasteiger partial charge in [-0.1, -0.05) is 72.9 Å². The lowest BCUT2D eigenvalue weighted by atomic mass is 10.2. The Labute approximate surface area is 93.3 Å². The van der Waals surface area contributed by atoms with Crippen LogP contribution in [0, 0.1) is 0 Å². The van der Waals surface area contributed by atoms with E-state index < -0.39 is 8.07 Å². The van der Waals surface area contributed by atoms with Gasteiger partial charge in [0.05, 0.1) is 8.07 Å². The second-order valence-corrected chi connectivity index (χ2v) is 9.39. The van der Waals surface area contributed by atoms with Crippen LogP contribution in [0.5, 0.6) is 0 Å². The molecule has 0 radical (unpaired) electrons. The summed E-state index contributed by atoms with van der Waals surface area (Å²) in [6, 6.07) is 11.0. The third kappa shape index (κ3) is 2.12. The predicted octanol–water partition coefficient (Wildman–Crippen LogP) is 3.49. The van der Waals surface area contributed by atoms with E-state index in [0.717, 1.165) is 6.42 Å². The van der Waals surface area contributed by atoms with Crippen LogP contribution in [0.25, 0.3) is 0 Å². The molecule has 1 aromatic carbocycles. The molecular weight excluding hydrogens is 196 g/mol. The molecule has 78 valence electrons. The van der Waals surface area contributed by atoms with Crippen molar-refractivity contribution in [3.63, 3.8) is 0 Å². The highest BCUT2D eigenvalue weighted by Crippen LogP contribution is 2.27. The Bertz CT molecular complexity index is 362. The normalized spacial score (nSPS) is 16.9. The molecule has 0 aromatic heterocycles. The summed E-state index contributed by atoms with van der Waals surface area (Å²) in [5.74, 6) is 0. The van der Waals surface area contributed by atoms with Crippen LogP contribution in [0.3, 0.4) is 0 Å². The van der Waals surface area contributed by atoms with E-state index in [2.05, 4.69) is 67.7 Å². The minimum Gasteiger partial charge on any atom is -0.0844 e. The van der Waals surface area contributed by atoms with E-state index in [-0.39, 0.29) is 0 Å². The lowest BCUT2D eigenvalue weighted by molar-refractivity contribution is 1.18. The van der Waals surface area contributed by atoms with E-state index in [4.69, 9.17) is 0 Å². The first kappa shape index (κ1) is 10.4. The first-order valence-electron chi connectivity index (χ1n) is 5.60. The number of rotatable bonds is 2. The summed E-state index contributed by atoms with van der Waals surface area (Å²) in [6.07, 6.45) is 10.5. The molecule has 2 rings (SSSR count). The third-order valence-electron chi connectivity index (χ3n) is 3.31. The van der Waals surface area contributed by atoms with Crippen molar-refractivity contribution in [1.82, 2.24) is 0 Å². The molecule has 1 aromatic rings. The maximum Gasteiger partial charge on any atom is 0.0911 e. The monoisotopic (exact) mass is 214 g/mol. The molecule has 1 heteroatoms. The van der Waals surface area contributed by atoms with Gasteiger partial charge in [-0.15, -0.1) is 0 Å². The standard InChI is InChI=1S/C14H18Si/c1-15(2,13-9-5-3-6-10-13)14-11-7-4-8-12-14/h3,5-12,14H,4H2,1-2H3. The summed E-state index contributed by atoms with van der Waals surface area (Å²) in [4.78, 5) is 0. The van der Waals surface area contributed by atoms with Gasteiger partial charge in [-0.3, -0.25) is 0 Å². The van der Waals surface area contributed by atoms with Crippen molar-refractivity contribution in [2.24, 2.45) is 0 Å². The fourth-order valence-electron chi connectivity index (χ4n) is 2.13. The average Bonchev–Trinajstić information content (AvgIpc) is 2.31. The minimum atomic E-state index is -1.35. The molecule has 0 spiro atoms. The zero-order valence-corrected chi connectivity index (χ0v) is 10.5. The van der Waals surface area contributed by atoms with Crippen molar-refractivity contribution in [2.45, 2.75) is 25.1 Å². The van der Waals surface area contributed by atoms with Crippen molar-refractivity contribution in [3.05, 3.63) is 54.6 Å². The van der Waals surface area contributed by atoms with Crippen molar-refractivity contribution in [3.8, 4) is 0 Å². The van der Waals surface area contributed by atoms with Gasteiger partial charge in [-0.25, -0.2) is 0 Å². The maximum absolute atomic E-state index is 2.45. The summed E-state index contributed by atoms with van der Waals surface area (Å²) in [5.41, 5.74) is 0.661. The van der Waals surface area contributed by atoms with Gasteiger partial charge >= 0.3 is 0 Å². The van der Waals surface area contributed by atoms with E-state index >= 15 is 0 Å². The fourth-order valence-corrected chi connectivity index (χ4v) is 4.81. The van der Waals surface area contributed by atoms with Crippen molar-refractivity contribution in [2.75, 3.05) is 0 Å². The molecule has 0 unspecified atom stereocenters. The molecule has 0 amide bonds. The van der Waals surface area contributed by atoms with Gasteiger partial charge in [0, 0.05) is 0 Å². The van der Waals surface area contributed by atoms with Gasteiger partial charge in [-0.2, -0.15) is 0 Å². The zero-order valence-electron chi connectivity index (χ0n) is 9.48. The predicted molar refractivity (Wildman–Crippen MR) is 70.2 cm³/mol. The lowest BCUT2D eigenvalue weighted by Crippen LogP contribution is -2.44. The molecule has 0 atom stereocenters. The molecule has 0 saturated heterocycles. The highest BCUT2D eigenvalue weighted by Gasteiger charge is 2.30. The Morgan fingerprint density at radius 2 is 1.60 bits per heavy atom. The summed E-state index contributed by atoms with van der Waals surface area (Å²) in [7, 11) is -1.35. The maximum atomic E-state index is 2.45. The van der Waals surface area contributed by atoms with Gasteiger partial charge < -0.3 is 0 Å². The van der Waals surface area contributed by atoms with Gasteiger partial charge in [-0.05, 0) is 12.0 Å². The number of hydrogen-bond donors (Lipinski definition) is 0. The lowest BCUT2D eigenvalue weighted by Gasteiger charge is -2.30. The van der Waals surface area contributed by atoms with E-state index in [0.29, 0.717) is 5.54 Å². The van der Waals surface area contributed by atoms with Gasteiger partial charge in [0.15, 0.2) is 0 Å². The molecule has 0 nitrogen and oxygen atoms in total. The summed E-state index contributed by atoms with van der Waals surface area (Å²) in [6.45, 7) is 4.90. The van der Waals surface area contributed by atoms with E-state index in [1.807, 2.05) is 0 Å². The van der Waals surface area contributed by atoms with Crippen LogP contribution >= 0.6 is 0 Å². The van der Waals surface area contributed by atoms with Crippen LogP contribution in [0.1, 0.15) is 6.42 Å². The first-order chi connectivity index (χ1) is 7.21. The number of benzene rings is 1. The zero-order chi connectivity index (χ0) is 10.7. The first-order valence-corrected chi connectivity index (χ1v) is 8.68. The van der Waals surface area contributed by atoms with Crippen molar-refractivity contribution < 1.29 is 0 Å². The van der Waals surface area contributed by atoms with Gasteiger partial charge in [0.25, 0.3) is 0 Å². The Morgan fingerprint density at radius 3 is 2.20 bits per heavy atom. The fraction of sp³-hybridized carbons (Fsp3) is 0.286. The average molecular weight is 214 g/mol. The highest BCUT2D eigenvalue weighted by molar-refractivity contribution is 6.91. The Balaban J connectivity index is 2.30. The second-order valence-electron chi connectivity index (χ2n) is 4.71. The molecule has 0 fully saturated rings. The Morgan fingerprint density at radius 1 is 1.00 bits per heavy atom. The van der Waals surface area contributed by atoms with Gasteiger partial charge in [0.1, 0.15) is 0 Å². The van der Waals surface area contributed by atoms with E-state index in [1.54, 1.807) is 5.19 Å². The summed E-state index contributed by atoms with van der Waals surface area (Å²) in [5, 5.41) is 1.55. The van der Waals surface area contributed by atoms with E-state index in [1.165, 1.54) is 0 Å². The third-order valence-corrected chi connectivity index (χ3v) is 7.18. The van der Waals surface area contributed by atoms with Crippen molar-refractivity contribution >= 4 is 13.3 Å². The molecule has 0 aliphatic heterocycles. The quantitative estimate of drug-likeness (QED) is 0.522. The van der Waals surface area contributed by atoms with Crippen LogP contribution in [0.15, 0.2) is 54.6 Å². The van der Waals surface area contributed by atoms with Crippen LogP contribution in [0.4, 0.5) is 0 Å². The minimum absolute atomic E-state index is 0.661. The smallest absolute Gasteiger partial charge is 0.0844 e. The number of allylic oxidation sites excluding steroid dienone is 4. The van der Waals surface area contributed by atoms with Crippen LogP contribution in [0.2, 0.25) is 18.6 Å². The molecule has 0 bridgehead atoms. The number of hydrogen-bond acceptors (Lipinski definition) is 0. The molecule has 1 aliphatic rings.